The van der Waals surface area contributed by atoms with E-state index in [1.165, 1.54) is 77.0 Å². The molecule has 0 aliphatic rings. The maximum atomic E-state index is 13.0. The van der Waals surface area contributed by atoms with Gasteiger partial charge in [-0.05, 0) is 148 Å². The molecule has 0 aromatic heterocycles. The Morgan fingerprint density at radius 1 is 0.282 bits per heavy atom. The number of carbonyl (C=O) groups is 3. The number of aliphatic hydroxyl groups is 2. The standard InChI is InChI=1S/C85H140O16P2/c1-4-7-10-13-16-19-22-25-28-31-33-35-36-37-38-39-40-41-42-44-46-48-50-53-56-59-62-65-68-71-83(88)95-74-80(86)75-97-102(91,92)98-76-81(87)77-99-103(93,94)100-79-82(101-85(90)73-70-67-64-61-58-55-52-47-30-27-24-21-18-15-12-9-6-3)78-96-84(89)72-69-66-63-60-57-54-51-49-45-43-34-32-29-26-23-20-17-14-11-8-5-2/h7,9-10,12,16-21,25-30,33-35,37-38,43,49,51-52,55,61,64,80-82,86-87H,4-6,8,11,13-15,22-24,31-32,36,39-42,44-48,50,53-54,56-60,62-63,65-79H2,1-3H3,(H,91,92)(H,93,94)/b10-7-,12-9-,19-16-,20-17-,21-18-,28-25-,29-26-,30-27-,35-33-,38-37-,43-34-,51-49-,55-52-,64-61-. The van der Waals surface area contributed by atoms with E-state index in [-0.39, 0.29) is 19.3 Å². The van der Waals surface area contributed by atoms with Gasteiger partial charge in [0, 0.05) is 19.3 Å². The molecular weight excluding hydrogens is 1340 g/mol. The Morgan fingerprint density at radius 3 is 0.845 bits per heavy atom. The third-order valence-corrected chi connectivity index (χ3v) is 17.8. The van der Waals surface area contributed by atoms with Crippen LogP contribution in [0.25, 0.3) is 0 Å². The molecular formula is C85H140O16P2. The predicted octanol–water partition coefficient (Wildman–Crippen LogP) is 23.2. The van der Waals surface area contributed by atoms with Crippen molar-refractivity contribution < 1.29 is 75.8 Å². The highest BCUT2D eigenvalue weighted by atomic mass is 31.2. The molecule has 0 aromatic carbocycles. The first-order valence-electron chi connectivity index (χ1n) is 39.4. The number of rotatable bonds is 73. The third kappa shape index (κ3) is 77.8. The summed E-state index contributed by atoms with van der Waals surface area (Å²) in [5.74, 6) is -1.67. The van der Waals surface area contributed by atoms with E-state index in [0.29, 0.717) is 25.7 Å². The predicted molar refractivity (Wildman–Crippen MR) is 426 cm³/mol. The molecule has 0 saturated heterocycles. The van der Waals surface area contributed by atoms with Crippen LogP contribution in [0, 0.1) is 0 Å². The molecule has 0 aliphatic heterocycles. The molecule has 103 heavy (non-hydrogen) atoms. The summed E-state index contributed by atoms with van der Waals surface area (Å²) in [7, 11) is -9.83. The van der Waals surface area contributed by atoms with Gasteiger partial charge in [0.1, 0.15) is 25.4 Å². The highest BCUT2D eigenvalue weighted by Gasteiger charge is 2.29. The van der Waals surface area contributed by atoms with Crippen LogP contribution in [0.1, 0.15) is 290 Å². The molecule has 586 valence electrons. The van der Waals surface area contributed by atoms with E-state index >= 15 is 0 Å². The molecule has 0 heterocycles. The summed E-state index contributed by atoms with van der Waals surface area (Å²) in [6.45, 7) is 2.32. The van der Waals surface area contributed by atoms with Crippen molar-refractivity contribution in [2.45, 2.75) is 309 Å². The first-order chi connectivity index (χ1) is 50.2. The molecule has 0 amide bonds. The molecule has 0 saturated carbocycles. The number of aliphatic hydroxyl groups excluding tert-OH is 2. The summed E-state index contributed by atoms with van der Waals surface area (Å²) in [5.41, 5.74) is 0. The summed E-state index contributed by atoms with van der Waals surface area (Å²) < 4.78 is 61.1. The van der Waals surface area contributed by atoms with Crippen molar-refractivity contribution in [3.8, 4) is 0 Å². The van der Waals surface area contributed by atoms with Crippen molar-refractivity contribution >= 4 is 33.6 Å². The van der Waals surface area contributed by atoms with Crippen molar-refractivity contribution in [2.75, 3.05) is 39.6 Å². The van der Waals surface area contributed by atoms with Crippen LogP contribution in [-0.2, 0) is 55.8 Å². The van der Waals surface area contributed by atoms with E-state index in [1.54, 1.807) is 0 Å². The monoisotopic (exact) mass is 1480 g/mol. The summed E-state index contributed by atoms with van der Waals surface area (Å²) in [5, 5.41) is 20.6. The second-order valence-corrected chi connectivity index (χ2v) is 28.7. The molecule has 0 radical (unpaired) electrons. The van der Waals surface area contributed by atoms with Gasteiger partial charge in [-0.25, -0.2) is 9.13 Å². The zero-order valence-corrected chi connectivity index (χ0v) is 65.7. The van der Waals surface area contributed by atoms with Crippen LogP contribution in [0.15, 0.2) is 170 Å². The Balaban J connectivity index is 4.62. The van der Waals surface area contributed by atoms with Crippen LogP contribution in [0.2, 0.25) is 0 Å². The Kier molecular flexibility index (Phi) is 72.8. The van der Waals surface area contributed by atoms with Gasteiger partial charge >= 0.3 is 33.6 Å². The number of carbonyl (C=O) groups excluding carboxylic acids is 3. The van der Waals surface area contributed by atoms with Gasteiger partial charge in [0.2, 0.25) is 0 Å². The molecule has 0 spiro atoms. The fraction of sp³-hybridized carbons (Fsp3) is 0.635. The Bertz CT molecular complexity index is 2550. The number of ether oxygens (including phenoxy) is 3. The average molecular weight is 1480 g/mol. The van der Waals surface area contributed by atoms with E-state index < -0.39 is 91.5 Å². The van der Waals surface area contributed by atoms with Crippen molar-refractivity contribution in [3.05, 3.63) is 170 Å². The number of hydrogen-bond acceptors (Lipinski definition) is 14. The second kappa shape index (κ2) is 76.6. The van der Waals surface area contributed by atoms with Crippen molar-refractivity contribution in [1.29, 1.82) is 0 Å². The van der Waals surface area contributed by atoms with Crippen LogP contribution in [0.5, 0.6) is 0 Å². The van der Waals surface area contributed by atoms with Gasteiger partial charge in [-0.3, -0.25) is 32.5 Å². The minimum Gasteiger partial charge on any atom is -0.463 e. The van der Waals surface area contributed by atoms with Crippen molar-refractivity contribution in [2.24, 2.45) is 0 Å². The van der Waals surface area contributed by atoms with Gasteiger partial charge in [-0.2, -0.15) is 0 Å². The Hall–Kier alpha value is -5.09. The summed E-state index contributed by atoms with van der Waals surface area (Å²) in [6.07, 6.45) is 97.0. The Labute approximate surface area is 624 Å². The first-order valence-corrected chi connectivity index (χ1v) is 42.4. The average Bonchev–Trinajstić information content (AvgIpc) is 0.914. The maximum Gasteiger partial charge on any atom is 0.472 e. The van der Waals surface area contributed by atoms with Gasteiger partial charge in [0.15, 0.2) is 6.10 Å². The molecule has 0 rings (SSSR count). The fourth-order valence-corrected chi connectivity index (χ4v) is 11.6. The minimum atomic E-state index is -4.96. The smallest absolute Gasteiger partial charge is 0.463 e. The van der Waals surface area contributed by atoms with E-state index in [2.05, 4.69) is 179 Å². The Morgan fingerprint density at radius 2 is 0.524 bits per heavy atom. The molecule has 0 fully saturated rings. The molecule has 0 bridgehead atoms. The largest absolute Gasteiger partial charge is 0.472 e. The maximum absolute atomic E-state index is 13.0. The van der Waals surface area contributed by atoms with Gasteiger partial charge in [-0.15, -0.1) is 0 Å². The normalized spacial score (nSPS) is 14.9. The first kappa shape index (κ1) is 97.9. The SMILES string of the molecule is CC/C=C\C/C=C\C/C=C\C/C=C\C/C=C\CCCCCCCCCCCCCCCC(=O)OCC(O)COP(=O)(O)OCC(O)COP(=O)(O)OCC(COC(=O)CCCCCCC/C=C\C/C=C\C/C=C\C/C=C\CCCCC)OC(=O)CCC/C=C\C/C=C\C/C=C\C/C=C\C/C=C\CC. The highest BCUT2D eigenvalue weighted by molar-refractivity contribution is 7.47. The minimum absolute atomic E-state index is 0.0161. The van der Waals surface area contributed by atoms with Crippen molar-refractivity contribution in [1.82, 2.24) is 0 Å². The third-order valence-electron chi connectivity index (χ3n) is 15.9. The molecule has 0 aliphatic carbocycles. The summed E-state index contributed by atoms with van der Waals surface area (Å²) >= 11 is 0. The lowest BCUT2D eigenvalue weighted by Gasteiger charge is -2.21. The second-order valence-electron chi connectivity index (χ2n) is 25.7. The van der Waals surface area contributed by atoms with E-state index in [4.69, 9.17) is 32.3 Å². The number of phosphoric ester groups is 2. The number of unbranched alkanes of at least 4 members (excludes halogenated alkanes) is 22. The fourth-order valence-electron chi connectivity index (χ4n) is 9.97. The summed E-state index contributed by atoms with van der Waals surface area (Å²) in [6, 6.07) is 0. The molecule has 5 atom stereocenters. The van der Waals surface area contributed by atoms with E-state index in [9.17, 15) is 43.5 Å². The van der Waals surface area contributed by atoms with Crippen molar-refractivity contribution in [3.63, 3.8) is 0 Å². The molecule has 5 unspecified atom stereocenters. The lowest BCUT2D eigenvalue weighted by Crippen LogP contribution is -2.30. The van der Waals surface area contributed by atoms with Crippen LogP contribution in [0.3, 0.4) is 0 Å². The number of allylic oxidation sites excluding steroid dienone is 28. The lowest BCUT2D eigenvalue weighted by molar-refractivity contribution is -0.161. The molecule has 16 nitrogen and oxygen atoms in total. The zero-order chi connectivity index (χ0) is 75.2. The van der Waals surface area contributed by atoms with Crippen LogP contribution in [-0.4, -0.2) is 95.9 Å². The quantitative estimate of drug-likeness (QED) is 0.0146. The zero-order valence-electron chi connectivity index (χ0n) is 63.9. The number of phosphoric acid groups is 2. The summed E-state index contributed by atoms with van der Waals surface area (Å²) in [4.78, 5) is 58.6. The van der Waals surface area contributed by atoms with Crippen LogP contribution >= 0.6 is 15.6 Å². The van der Waals surface area contributed by atoms with Gasteiger partial charge in [0.25, 0.3) is 0 Å². The van der Waals surface area contributed by atoms with Gasteiger partial charge in [-0.1, -0.05) is 294 Å². The number of hydrogen-bond donors (Lipinski definition) is 4. The molecule has 18 heteroatoms. The topological polar surface area (TPSA) is 231 Å². The van der Waals surface area contributed by atoms with Crippen LogP contribution < -0.4 is 0 Å². The molecule has 4 N–H and O–H groups in total. The van der Waals surface area contributed by atoms with E-state index in [1.807, 2.05) is 12.2 Å². The number of esters is 3. The highest BCUT2D eigenvalue weighted by Crippen LogP contribution is 2.45. The lowest BCUT2D eigenvalue weighted by atomic mass is 10.0. The van der Waals surface area contributed by atoms with Gasteiger partial charge in [0.05, 0.1) is 26.4 Å². The van der Waals surface area contributed by atoms with Gasteiger partial charge < -0.3 is 34.2 Å². The molecule has 0 aromatic rings. The van der Waals surface area contributed by atoms with E-state index in [0.717, 1.165) is 148 Å². The van der Waals surface area contributed by atoms with Crippen LogP contribution in [0.4, 0.5) is 0 Å².